The van der Waals surface area contributed by atoms with Gasteiger partial charge in [-0.05, 0) is 13.8 Å². The highest BCUT2D eigenvalue weighted by molar-refractivity contribution is 7.99. The van der Waals surface area contributed by atoms with Crippen molar-refractivity contribution in [2.75, 3.05) is 12.4 Å². The summed E-state index contributed by atoms with van der Waals surface area (Å²) in [4.78, 5) is 11.2. The van der Waals surface area contributed by atoms with Crippen LogP contribution in [0.2, 0.25) is 0 Å². The second kappa shape index (κ2) is 5.91. The van der Waals surface area contributed by atoms with Gasteiger partial charge in [-0.15, -0.1) is 0 Å². The molecule has 0 aliphatic rings. The van der Waals surface area contributed by atoms with Crippen molar-refractivity contribution in [1.29, 1.82) is 0 Å². The zero-order chi connectivity index (χ0) is 12.1. The quantitative estimate of drug-likeness (QED) is 0.615. The Labute approximate surface area is 98.8 Å². The number of rotatable bonds is 5. The first-order valence-corrected chi connectivity index (χ1v) is 6.00. The fourth-order valence-electron chi connectivity index (χ4n) is 1.37. The van der Waals surface area contributed by atoms with Crippen molar-refractivity contribution in [2.45, 2.75) is 25.5 Å². The summed E-state index contributed by atoms with van der Waals surface area (Å²) >= 11 is 1.33. The molecule has 1 aromatic heterocycles. The Bertz CT molecular complexity index is 376. The Kier molecular flexibility index (Phi) is 4.82. The Morgan fingerprint density at radius 3 is 2.88 bits per heavy atom. The molecule has 90 valence electrons. The molecule has 1 aromatic rings. The van der Waals surface area contributed by atoms with Crippen molar-refractivity contribution in [3.8, 4) is 0 Å². The summed E-state index contributed by atoms with van der Waals surface area (Å²) in [6, 6.07) is 0. The summed E-state index contributed by atoms with van der Waals surface area (Å²) in [7, 11) is 1.79. The Morgan fingerprint density at radius 2 is 2.31 bits per heavy atom. The van der Waals surface area contributed by atoms with Gasteiger partial charge >= 0.3 is 5.97 Å². The van der Waals surface area contributed by atoms with Crippen LogP contribution in [0.5, 0.6) is 0 Å². The van der Waals surface area contributed by atoms with Gasteiger partial charge in [-0.1, -0.05) is 11.8 Å². The van der Waals surface area contributed by atoms with E-state index in [1.165, 1.54) is 11.8 Å². The lowest BCUT2D eigenvalue weighted by Gasteiger charge is -2.04. The maximum atomic E-state index is 11.2. The van der Waals surface area contributed by atoms with E-state index >= 15 is 0 Å². The number of hydrogen-bond donors (Lipinski definition) is 1. The predicted octanol–water partition coefficient (Wildman–Crippen LogP) is 0.876. The summed E-state index contributed by atoms with van der Waals surface area (Å²) in [6.07, 6.45) is 0. The Balaban J connectivity index is 2.69. The van der Waals surface area contributed by atoms with Crippen molar-refractivity contribution >= 4 is 17.7 Å². The van der Waals surface area contributed by atoms with E-state index in [-0.39, 0.29) is 18.3 Å². The molecule has 0 unspecified atom stereocenters. The molecule has 16 heavy (non-hydrogen) atoms. The third-order valence-electron chi connectivity index (χ3n) is 2.08. The summed E-state index contributed by atoms with van der Waals surface area (Å²) in [5.74, 6) is -0.0185. The van der Waals surface area contributed by atoms with Gasteiger partial charge in [0.05, 0.1) is 29.7 Å². The molecule has 5 nitrogen and oxygen atoms in total. The van der Waals surface area contributed by atoms with Crippen LogP contribution in [-0.4, -0.2) is 33.2 Å². The zero-order valence-electron chi connectivity index (χ0n) is 9.69. The first-order chi connectivity index (χ1) is 7.60. The maximum Gasteiger partial charge on any atom is 0.316 e. The second-order valence-corrected chi connectivity index (χ2v) is 4.21. The number of thioether (sulfide) groups is 1. The summed E-state index contributed by atoms with van der Waals surface area (Å²) in [6.45, 7) is 3.93. The molecule has 0 saturated heterocycles. The smallest absolute Gasteiger partial charge is 0.316 e. The van der Waals surface area contributed by atoms with E-state index in [0.717, 1.165) is 16.3 Å². The molecule has 1 rings (SSSR count). The Morgan fingerprint density at radius 1 is 1.62 bits per heavy atom. The van der Waals surface area contributed by atoms with E-state index < -0.39 is 0 Å². The number of aromatic nitrogens is 2. The lowest BCUT2D eigenvalue weighted by Crippen LogP contribution is -2.07. The number of carbonyl (C=O) groups excluding carboxylic acids is 1. The summed E-state index contributed by atoms with van der Waals surface area (Å²) < 4.78 is 6.50. The third kappa shape index (κ3) is 2.99. The molecule has 1 N–H and O–H groups in total. The molecule has 0 atom stereocenters. The van der Waals surface area contributed by atoms with Gasteiger partial charge in [-0.3, -0.25) is 9.48 Å². The minimum Gasteiger partial charge on any atom is -0.465 e. The monoisotopic (exact) mass is 244 g/mol. The van der Waals surface area contributed by atoms with Crippen LogP contribution in [-0.2, 0) is 23.2 Å². The molecular weight excluding hydrogens is 228 g/mol. The average Bonchev–Trinajstić information content (AvgIpc) is 2.50. The largest absolute Gasteiger partial charge is 0.465 e. The minimum atomic E-state index is -0.254. The number of esters is 1. The summed E-state index contributed by atoms with van der Waals surface area (Å²) in [5.41, 5.74) is 1.56. The fourth-order valence-corrected chi connectivity index (χ4v) is 2.33. The van der Waals surface area contributed by atoms with Gasteiger partial charge in [0.2, 0.25) is 0 Å². The summed E-state index contributed by atoms with van der Waals surface area (Å²) in [5, 5.41) is 14.2. The molecule has 0 aromatic carbocycles. The Hall–Kier alpha value is -1.01. The van der Waals surface area contributed by atoms with Crippen molar-refractivity contribution in [1.82, 2.24) is 9.78 Å². The van der Waals surface area contributed by atoms with Gasteiger partial charge in [-0.2, -0.15) is 5.10 Å². The third-order valence-corrected chi connectivity index (χ3v) is 3.24. The highest BCUT2D eigenvalue weighted by Crippen LogP contribution is 2.24. The van der Waals surface area contributed by atoms with Gasteiger partial charge in [-0.25, -0.2) is 0 Å². The van der Waals surface area contributed by atoms with Gasteiger partial charge in [0, 0.05) is 12.6 Å². The number of aliphatic hydroxyl groups is 1. The van der Waals surface area contributed by atoms with Crippen LogP contribution in [0.15, 0.2) is 5.03 Å². The molecule has 0 aliphatic heterocycles. The van der Waals surface area contributed by atoms with Gasteiger partial charge in [0.1, 0.15) is 0 Å². The molecule has 0 amide bonds. The lowest BCUT2D eigenvalue weighted by molar-refractivity contribution is -0.139. The molecule has 6 heteroatoms. The van der Waals surface area contributed by atoms with Crippen LogP contribution in [0.4, 0.5) is 0 Å². The first kappa shape index (κ1) is 13.1. The van der Waals surface area contributed by atoms with Gasteiger partial charge in [0.25, 0.3) is 0 Å². The normalized spacial score (nSPS) is 10.5. The molecule has 0 spiro atoms. The molecule has 0 radical (unpaired) electrons. The van der Waals surface area contributed by atoms with Crippen LogP contribution in [0.1, 0.15) is 18.2 Å². The number of aryl methyl sites for hydroxylation is 2. The van der Waals surface area contributed by atoms with Crippen molar-refractivity contribution in [3.63, 3.8) is 0 Å². The highest BCUT2D eigenvalue weighted by Gasteiger charge is 2.14. The molecule has 0 saturated carbocycles. The van der Waals surface area contributed by atoms with E-state index in [1.807, 2.05) is 6.92 Å². The number of nitrogens with zero attached hydrogens (tertiary/aromatic N) is 2. The van der Waals surface area contributed by atoms with E-state index in [4.69, 9.17) is 4.74 Å². The SMILES string of the molecule is CCOC(=O)CSc1c(CO)c(C)nn1C. The number of carbonyl (C=O) groups is 1. The van der Waals surface area contributed by atoms with E-state index in [9.17, 15) is 9.90 Å². The molecular formula is C10H16N2O3S. The maximum absolute atomic E-state index is 11.2. The van der Waals surface area contributed by atoms with Crippen molar-refractivity contribution in [2.24, 2.45) is 7.05 Å². The van der Waals surface area contributed by atoms with Crippen LogP contribution in [0, 0.1) is 6.92 Å². The van der Waals surface area contributed by atoms with Crippen LogP contribution < -0.4 is 0 Å². The first-order valence-electron chi connectivity index (χ1n) is 5.01. The predicted molar refractivity (Wildman–Crippen MR) is 61.2 cm³/mol. The standard InChI is InChI=1S/C10H16N2O3S/c1-4-15-9(14)6-16-10-8(5-13)7(2)11-12(10)3/h13H,4-6H2,1-3H3. The molecule has 0 aliphatic carbocycles. The van der Waals surface area contributed by atoms with Crippen LogP contribution >= 0.6 is 11.8 Å². The van der Waals surface area contributed by atoms with Gasteiger partial charge in [0.15, 0.2) is 0 Å². The molecule has 0 bridgehead atoms. The number of aliphatic hydroxyl groups excluding tert-OH is 1. The molecule has 0 fully saturated rings. The average molecular weight is 244 g/mol. The van der Waals surface area contributed by atoms with Crippen molar-refractivity contribution in [3.05, 3.63) is 11.3 Å². The van der Waals surface area contributed by atoms with E-state index in [1.54, 1.807) is 18.7 Å². The van der Waals surface area contributed by atoms with Crippen LogP contribution in [0.3, 0.4) is 0 Å². The fraction of sp³-hybridized carbons (Fsp3) is 0.600. The topological polar surface area (TPSA) is 64.3 Å². The minimum absolute atomic E-state index is 0.0647. The van der Waals surface area contributed by atoms with Gasteiger partial charge < -0.3 is 9.84 Å². The van der Waals surface area contributed by atoms with Crippen molar-refractivity contribution < 1.29 is 14.6 Å². The lowest BCUT2D eigenvalue weighted by atomic mass is 10.3. The van der Waals surface area contributed by atoms with E-state index in [0.29, 0.717) is 6.61 Å². The van der Waals surface area contributed by atoms with Crippen LogP contribution in [0.25, 0.3) is 0 Å². The molecule has 1 heterocycles. The number of hydrogen-bond acceptors (Lipinski definition) is 5. The van der Waals surface area contributed by atoms with E-state index in [2.05, 4.69) is 5.10 Å². The number of ether oxygens (including phenoxy) is 1. The zero-order valence-corrected chi connectivity index (χ0v) is 10.5. The highest BCUT2D eigenvalue weighted by atomic mass is 32.2. The second-order valence-electron chi connectivity index (χ2n) is 3.24.